The first kappa shape index (κ1) is 22.2. The van der Waals surface area contributed by atoms with Gasteiger partial charge in [-0.15, -0.1) is 0 Å². The van der Waals surface area contributed by atoms with Crippen LogP contribution in [0.15, 0.2) is 24.3 Å². The molecule has 0 amide bonds. The fraction of sp³-hybridized carbons (Fsp3) is 0.667. The Morgan fingerprint density at radius 1 is 0.920 bits per heavy atom. The number of hydrogen-bond donors (Lipinski definition) is 1. The van der Waals surface area contributed by atoms with Gasteiger partial charge in [-0.05, 0) is 59.0 Å². The summed E-state index contributed by atoms with van der Waals surface area (Å²) in [5.74, 6) is 0.936. The fourth-order valence-electron chi connectivity index (χ4n) is 2.56. The third-order valence-corrected chi connectivity index (χ3v) is 7.34. The van der Waals surface area contributed by atoms with E-state index in [1.165, 1.54) is 0 Å². The summed E-state index contributed by atoms with van der Waals surface area (Å²) in [4.78, 5) is 0. The van der Waals surface area contributed by atoms with Crippen LogP contribution < -0.4 is 9.74 Å². The minimum absolute atomic E-state index is 0.621. The van der Waals surface area contributed by atoms with Gasteiger partial charge in [0.15, 0.2) is 0 Å². The molecule has 1 N–H and O–H groups in total. The molecule has 7 heteroatoms. The van der Waals surface area contributed by atoms with Gasteiger partial charge < -0.3 is 23.0 Å². The number of nitrogens with one attached hydrogen (secondary N) is 1. The second-order valence-electron chi connectivity index (χ2n) is 6.75. The molecule has 1 aromatic rings. The van der Waals surface area contributed by atoms with E-state index in [1.54, 1.807) is 0 Å². The highest BCUT2D eigenvalue weighted by molar-refractivity contribution is 6.70. The van der Waals surface area contributed by atoms with Crippen LogP contribution in [0.2, 0.25) is 25.7 Å². The highest BCUT2D eigenvalue weighted by Gasteiger charge is 2.39. The molecule has 0 atom stereocenters. The Hall–Kier alpha value is -0.866. The molecule has 0 fully saturated rings. The van der Waals surface area contributed by atoms with Crippen molar-refractivity contribution in [1.82, 2.24) is 0 Å². The van der Waals surface area contributed by atoms with E-state index in [0.717, 1.165) is 30.4 Å². The number of rotatable bonds is 13. The molecule has 0 aromatic heterocycles. The zero-order valence-electron chi connectivity index (χ0n) is 16.7. The SMILES string of the molecule is CCO[Si](CCCNc1cccc(O[Si](C)(C)C)c1)(OCC)OCC. The molecule has 0 aliphatic carbocycles. The molecule has 0 saturated heterocycles. The van der Waals surface area contributed by atoms with Gasteiger partial charge in [0.05, 0.1) is 0 Å². The molecule has 0 aliphatic rings. The van der Waals surface area contributed by atoms with Gasteiger partial charge in [0.25, 0.3) is 0 Å². The van der Waals surface area contributed by atoms with Crippen molar-refractivity contribution in [2.45, 2.75) is 52.9 Å². The molecular formula is C18H35NO4Si2. The van der Waals surface area contributed by atoms with Crippen LogP contribution >= 0.6 is 0 Å². The van der Waals surface area contributed by atoms with Gasteiger partial charge in [0, 0.05) is 44.2 Å². The van der Waals surface area contributed by atoms with E-state index in [0.29, 0.717) is 19.8 Å². The first-order chi connectivity index (χ1) is 11.8. The fourth-order valence-corrected chi connectivity index (χ4v) is 6.01. The average molecular weight is 386 g/mol. The number of anilines is 1. The Morgan fingerprint density at radius 2 is 1.52 bits per heavy atom. The van der Waals surface area contributed by atoms with Crippen molar-refractivity contribution < 1.29 is 17.7 Å². The summed E-state index contributed by atoms with van der Waals surface area (Å²) in [6, 6.07) is 8.99. The normalized spacial score (nSPS) is 12.2. The lowest BCUT2D eigenvalue weighted by Crippen LogP contribution is -2.46. The monoisotopic (exact) mass is 385 g/mol. The van der Waals surface area contributed by atoms with Gasteiger partial charge in [-0.25, -0.2) is 0 Å². The maximum atomic E-state index is 6.04. The quantitative estimate of drug-likeness (QED) is 0.392. The van der Waals surface area contributed by atoms with E-state index < -0.39 is 17.1 Å². The molecule has 0 radical (unpaired) electrons. The van der Waals surface area contributed by atoms with E-state index in [4.69, 9.17) is 17.7 Å². The Balaban J connectivity index is 2.54. The van der Waals surface area contributed by atoms with Gasteiger partial charge in [0.1, 0.15) is 5.75 Å². The van der Waals surface area contributed by atoms with Crippen molar-refractivity contribution in [3.8, 4) is 5.75 Å². The Bertz CT molecular complexity index is 477. The first-order valence-electron chi connectivity index (χ1n) is 9.29. The third kappa shape index (κ3) is 8.87. The average Bonchev–Trinajstić information content (AvgIpc) is 2.51. The standard InChI is InChI=1S/C18H35NO4Si2/c1-7-20-25(21-8-2,22-9-3)15-11-14-19-17-12-10-13-18(16-17)23-24(4,5)6/h10,12-13,16,19H,7-9,11,14-15H2,1-6H3. The summed E-state index contributed by atoms with van der Waals surface area (Å²) in [6.07, 6.45) is 0.936. The highest BCUT2D eigenvalue weighted by Crippen LogP contribution is 2.22. The summed E-state index contributed by atoms with van der Waals surface area (Å²) < 4.78 is 23.7. The van der Waals surface area contributed by atoms with Crippen LogP contribution in [-0.2, 0) is 13.3 Å². The molecule has 1 rings (SSSR count). The summed E-state index contributed by atoms with van der Waals surface area (Å²) >= 11 is 0. The minimum Gasteiger partial charge on any atom is -0.544 e. The molecule has 0 heterocycles. The molecule has 0 bridgehead atoms. The van der Waals surface area contributed by atoms with Gasteiger partial charge in [-0.1, -0.05) is 6.07 Å². The highest BCUT2D eigenvalue weighted by atomic mass is 28.4. The lowest BCUT2D eigenvalue weighted by Gasteiger charge is -2.28. The zero-order valence-corrected chi connectivity index (χ0v) is 18.7. The van der Waals surface area contributed by atoms with Gasteiger partial charge in [-0.3, -0.25) is 0 Å². The Kier molecular flexibility index (Phi) is 9.74. The van der Waals surface area contributed by atoms with Gasteiger partial charge in [-0.2, -0.15) is 0 Å². The van der Waals surface area contributed by atoms with Crippen LogP contribution in [0.1, 0.15) is 27.2 Å². The van der Waals surface area contributed by atoms with Gasteiger partial charge >= 0.3 is 8.80 Å². The maximum absolute atomic E-state index is 6.04. The molecule has 25 heavy (non-hydrogen) atoms. The molecule has 5 nitrogen and oxygen atoms in total. The van der Waals surface area contributed by atoms with Crippen LogP contribution in [0.5, 0.6) is 5.75 Å². The van der Waals surface area contributed by atoms with E-state index >= 15 is 0 Å². The molecule has 144 valence electrons. The summed E-state index contributed by atoms with van der Waals surface area (Å²) in [5.41, 5.74) is 1.08. The molecular weight excluding hydrogens is 350 g/mol. The number of hydrogen-bond acceptors (Lipinski definition) is 5. The van der Waals surface area contributed by atoms with Crippen LogP contribution in [0.25, 0.3) is 0 Å². The molecule has 0 spiro atoms. The summed E-state index contributed by atoms with van der Waals surface area (Å²) in [5, 5.41) is 3.46. The molecule has 0 saturated carbocycles. The van der Waals surface area contributed by atoms with Crippen molar-refractivity contribution in [2.24, 2.45) is 0 Å². The van der Waals surface area contributed by atoms with Crippen LogP contribution in [0.3, 0.4) is 0 Å². The summed E-state index contributed by atoms with van der Waals surface area (Å²) in [6.45, 7) is 15.2. The Labute approximate surface area is 155 Å². The number of benzene rings is 1. The van der Waals surface area contributed by atoms with Gasteiger partial charge in [0.2, 0.25) is 8.32 Å². The minimum atomic E-state index is -2.54. The van der Waals surface area contributed by atoms with E-state index in [-0.39, 0.29) is 0 Å². The zero-order chi connectivity index (χ0) is 18.8. The smallest absolute Gasteiger partial charge is 0.500 e. The van der Waals surface area contributed by atoms with Crippen LogP contribution in [0, 0.1) is 0 Å². The van der Waals surface area contributed by atoms with Crippen molar-refractivity contribution in [2.75, 3.05) is 31.7 Å². The molecule has 0 unspecified atom stereocenters. The van der Waals surface area contributed by atoms with Crippen LogP contribution in [-0.4, -0.2) is 43.5 Å². The molecule has 1 aromatic carbocycles. The van der Waals surface area contributed by atoms with E-state index in [1.807, 2.05) is 32.9 Å². The lowest BCUT2D eigenvalue weighted by atomic mass is 10.3. The Morgan fingerprint density at radius 3 is 2.04 bits per heavy atom. The van der Waals surface area contributed by atoms with Crippen molar-refractivity contribution in [3.05, 3.63) is 24.3 Å². The maximum Gasteiger partial charge on any atom is 0.500 e. The van der Waals surface area contributed by atoms with E-state index in [9.17, 15) is 0 Å². The van der Waals surface area contributed by atoms with Crippen molar-refractivity contribution >= 4 is 22.8 Å². The lowest BCUT2D eigenvalue weighted by molar-refractivity contribution is 0.0710. The first-order valence-corrected chi connectivity index (χ1v) is 14.6. The largest absolute Gasteiger partial charge is 0.544 e. The summed E-state index contributed by atoms with van der Waals surface area (Å²) in [7, 11) is -4.12. The van der Waals surface area contributed by atoms with Crippen LogP contribution in [0.4, 0.5) is 5.69 Å². The second-order valence-corrected chi connectivity index (χ2v) is 13.9. The topological polar surface area (TPSA) is 49.0 Å². The molecule has 0 aliphatic heterocycles. The van der Waals surface area contributed by atoms with Crippen molar-refractivity contribution in [3.63, 3.8) is 0 Å². The predicted octanol–water partition coefficient (Wildman–Crippen LogP) is 4.75. The predicted molar refractivity (Wildman–Crippen MR) is 109 cm³/mol. The second kappa shape index (κ2) is 11.0. The van der Waals surface area contributed by atoms with Crippen molar-refractivity contribution in [1.29, 1.82) is 0 Å². The van der Waals surface area contributed by atoms with E-state index in [2.05, 4.69) is 37.1 Å². The third-order valence-electron chi connectivity index (χ3n) is 3.34.